The molecule has 3 N–H and O–H groups in total. The fraction of sp³-hybridized carbons (Fsp3) is 0.323. The Morgan fingerprint density at radius 3 is 2.65 bits per heavy atom. The summed E-state index contributed by atoms with van der Waals surface area (Å²) in [4.78, 5) is 40.4. The molecule has 4 aromatic rings. The molecule has 1 aliphatic heterocycles. The molecule has 0 radical (unpaired) electrons. The van der Waals surface area contributed by atoms with Gasteiger partial charge >= 0.3 is 0 Å². The number of hydrogen-bond donors (Lipinski definition) is 2. The lowest BCUT2D eigenvalue weighted by molar-refractivity contribution is -0.123. The van der Waals surface area contributed by atoms with Gasteiger partial charge in [-0.15, -0.1) is 5.10 Å². The van der Waals surface area contributed by atoms with E-state index in [0.29, 0.717) is 58.6 Å². The molecular formula is C31H32ClN9O2. The maximum atomic E-state index is 13.8. The maximum Gasteiger partial charge on any atom is 0.254 e. The molecule has 6 rings (SSSR count). The van der Waals surface area contributed by atoms with Crippen LogP contribution in [0.25, 0.3) is 16.9 Å². The highest BCUT2D eigenvalue weighted by Crippen LogP contribution is 2.39. The van der Waals surface area contributed by atoms with E-state index in [1.54, 1.807) is 47.0 Å². The van der Waals surface area contributed by atoms with Gasteiger partial charge in [-0.05, 0) is 56.0 Å². The van der Waals surface area contributed by atoms with Gasteiger partial charge < -0.3 is 11.1 Å². The summed E-state index contributed by atoms with van der Waals surface area (Å²) < 4.78 is 3.31. The second-order valence-electron chi connectivity index (χ2n) is 11.0. The summed E-state index contributed by atoms with van der Waals surface area (Å²) in [6, 6.07) is 10.2. The SMILES string of the molecule is CN=C1C(=CN)NC(=O)C(C)CCCC(n2cnc(-c3cc(Cl)ccc3-n3cc(C4CC4)nn3)cc2=O)c2cc1ccn2. The van der Waals surface area contributed by atoms with E-state index >= 15 is 0 Å². The first-order chi connectivity index (χ1) is 20.9. The number of allylic oxidation sites excluding steroid dienone is 1. The average molecular weight is 598 g/mol. The van der Waals surface area contributed by atoms with E-state index in [-0.39, 0.29) is 17.4 Å². The number of pyridine rings is 1. The third kappa shape index (κ3) is 5.85. The molecule has 11 nitrogen and oxygen atoms in total. The number of nitrogens with zero attached hydrogens (tertiary/aromatic N) is 7. The zero-order chi connectivity index (χ0) is 30.1. The summed E-state index contributed by atoms with van der Waals surface area (Å²) in [5.41, 5.74) is 10.8. The molecule has 4 heterocycles. The molecule has 1 fully saturated rings. The molecule has 0 spiro atoms. The van der Waals surface area contributed by atoms with Crippen LogP contribution in [-0.4, -0.2) is 48.2 Å². The summed E-state index contributed by atoms with van der Waals surface area (Å²) >= 11 is 6.39. The van der Waals surface area contributed by atoms with Crippen molar-refractivity contribution >= 4 is 23.2 Å². The number of benzene rings is 1. The molecule has 1 saturated carbocycles. The molecule has 43 heavy (non-hydrogen) atoms. The lowest BCUT2D eigenvalue weighted by Gasteiger charge is -2.23. The van der Waals surface area contributed by atoms with Crippen LogP contribution in [0.3, 0.4) is 0 Å². The van der Waals surface area contributed by atoms with Crippen LogP contribution < -0.4 is 16.6 Å². The lowest BCUT2D eigenvalue weighted by atomic mass is 9.96. The van der Waals surface area contributed by atoms with Crippen LogP contribution in [0.5, 0.6) is 0 Å². The number of rotatable bonds is 4. The van der Waals surface area contributed by atoms with Crippen LogP contribution in [0, 0.1) is 5.92 Å². The number of carbonyl (C=O) groups is 1. The van der Waals surface area contributed by atoms with Gasteiger partial charge in [-0.3, -0.25) is 24.1 Å². The second kappa shape index (κ2) is 11.9. The van der Waals surface area contributed by atoms with Crippen molar-refractivity contribution in [1.29, 1.82) is 0 Å². The number of halogens is 1. The lowest BCUT2D eigenvalue weighted by Crippen LogP contribution is -2.33. The molecule has 1 aromatic carbocycles. The minimum Gasteiger partial charge on any atom is -0.403 e. The zero-order valence-corrected chi connectivity index (χ0v) is 24.7. The number of fused-ring (bicyclic) bond motifs is 2. The number of nitrogens with two attached hydrogens (primary N) is 1. The van der Waals surface area contributed by atoms with E-state index in [4.69, 9.17) is 22.3 Å². The number of hydrogen-bond acceptors (Lipinski definition) is 8. The molecule has 2 bridgehead atoms. The average Bonchev–Trinajstić information content (AvgIpc) is 3.75. The van der Waals surface area contributed by atoms with E-state index in [2.05, 4.69) is 25.6 Å². The van der Waals surface area contributed by atoms with Gasteiger partial charge in [0.1, 0.15) is 0 Å². The van der Waals surface area contributed by atoms with Crippen molar-refractivity contribution in [3.8, 4) is 16.9 Å². The van der Waals surface area contributed by atoms with Crippen molar-refractivity contribution in [3.05, 3.63) is 99.3 Å². The predicted octanol–water partition coefficient (Wildman–Crippen LogP) is 4.16. The molecule has 12 heteroatoms. The molecule has 220 valence electrons. The molecule has 1 amide bonds. The largest absolute Gasteiger partial charge is 0.403 e. The fourth-order valence-corrected chi connectivity index (χ4v) is 5.63. The minimum atomic E-state index is -0.414. The van der Waals surface area contributed by atoms with E-state index in [1.807, 2.05) is 25.3 Å². The Kier molecular flexibility index (Phi) is 7.90. The minimum absolute atomic E-state index is 0.138. The standard InChI is InChI=1S/C31H32ClN9O2/c1-18-4-3-5-28(24-12-20(10-11-35-24)30(34-2)25(15-33)37-31(18)43)40-17-36-23(14-29(40)42)22-13-21(32)8-9-27(22)41-16-26(38-39-41)19-6-7-19/h8-19,28H,3-7,33H2,1-2H3,(H,37,43). The topological polar surface area (TPSA) is 146 Å². The third-order valence-electron chi connectivity index (χ3n) is 8.02. The molecule has 0 saturated heterocycles. The highest BCUT2D eigenvalue weighted by Gasteiger charge is 2.27. The Morgan fingerprint density at radius 1 is 1.07 bits per heavy atom. The molecule has 2 atom stereocenters. The van der Waals surface area contributed by atoms with Gasteiger partial charge in [0.25, 0.3) is 5.56 Å². The number of nitrogens with one attached hydrogen (secondary N) is 1. The first kappa shape index (κ1) is 28.5. The van der Waals surface area contributed by atoms with Gasteiger partial charge in [-0.25, -0.2) is 9.67 Å². The Morgan fingerprint density at radius 2 is 1.91 bits per heavy atom. The number of amides is 1. The summed E-state index contributed by atoms with van der Waals surface area (Å²) in [6.45, 7) is 1.87. The van der Waals surface area contributed by atoms with Crippen LogP contribution in [0.4, 0.5) is 0 Å². The Labute approximate surface area is 253 Å². The van der Waals surface area contributed by atoms with Gasteiger partial charge in [0.2, 0.25) is 5.91 Å². The monoisotopic (exact) mass is 597 g/mol. The van der Waals surface area contributed by atoms with Crippen molar-refractivity contribution in [2.75, 3.05) is 7.05 Å². The van der Waals surface area contributed by atoms with Crippen LogP contribution in [0.2, 0.25) is 5.02 Å². The third-order valence-corrected chi connectivity index (χ3v) is 8.26. The maximum absolute atomic E-state index is 13.8. The Hall–Kier alpha value is -4.64. The van der Waals surface area contributed by atoms with Crippen molar-refractivity contribution in [2.24, 2.45) is 16.6 Å². The number of carbonyl (C=O) groups excluding carboxylic acids is 1. The molecule has 3 aromatic heterocycles. The fourth-order valence-electron chi connectivity index (χ4n) is 5.46. The quantitative estimate of drug-likeness (QED) is 0.359. The second-order valence-corrected chi connectivity index (χ2v) is 11.4. The van der Waals surface area contributed by atoms with Crippen LogP contribution >= 0.6 is 11.6 Å². The van der Waals surface area contributed by atoms with Crippen molar-refractivity contribution in [2.45, 2.75) is 51.0 Å². The molecule has 2 unspecified atom stereocenters. The summed E-state index contributed by atoms with van der Waals surface area (Å²) in [6.07, 6.45) is 10.6. The smallest absolute Gasteiger partial charge is 0.254 e. The Bertz CT molecular complexity index is 1800. The van der Waals surface area contributed by atoms with Crippen molar-refractivity contribution in [1.82, 2.24) is 34.8 Å². The van der Waals surface area contributed by atoms with E-state index < -0.39 is 6.04 Å². The van der Waals surface area contributed by atoms with Crippen LogP contribution in [0.15, 0.2) is 76.8 Å². The van der Waals surface area contributed by atoms with E-state index in [9.17, 15) is 9.59 Å². The van der Waals surface area contributed by atoms with Gasteiger partial charge in [-0.1, -0.05) is 30.2 Å². The van der Waals surface area contributed by atoms with Gasteiger partial charge in [0, 0.05) is 53.5 Å². The highest BCUT2D eigenvalue weighted by atomic mass is 35.5. The normalized spacial score (nSPS) is 21.3. The molecular weight excluding hydrogens is 566 g/mol. The van der Waals surface area contributed by atoms with E-state index in [0.717, 1.165) is 29.8 Å². The summed E-state index contributed by atoms with van der Waals surface area (Å²) in [5.74, 6) is 0.0519. The number of aromatic nitrogens is 6. The van der Waals surface area contributed by atoms with Gasteiger partial charge in [0.05, 0.1) is 52.7 Å². The predicted molar refractivity (Wildman–Crippen MR) is 164 cm³/mol. The zero-order valence-electron chi connectivity index (χ0n) is 23.9. The summed E-state index contributed by atoms with van der Waals surface area (Å²) in [5, 5.41) is 12.1. The first-order valence-electron chi connectivity index (χ1n) is 14.3. The van der Waals surface area contributed by atoms with Gasteiger partial charge in [0.15, 0.2) is 0 Å². The Balaban J connectivity index is 1.40. The summed E-state index contributed by atoms with van der Waals surface area (Å²) in [7, 11) is 1.64. The molecule has 1 aliphatic carbocycles. The van der Waals surface area contributed by atoms with Crippen molar-refractivity contribution in [3.63, 3.8) is 0 Å². The van der Waals surface area contributed by atoms with E-state index in [1.165, 1.54) is 12.3 Å². The van der Waals surface area contributed by atoms with Crippen LogP contribution in [-0.2, 0) is 4.79 Å². The van der Waals surface area contributed by atoms with Crippen LogP contribution in [0.1, 0.15) is 67.9 Å². The van der Waals surface area contributed by atoms with Crippen molar-refractivity contribution < 1.29 is 4.79 Å². The highest BCUT2D eigenvalue weighted by molar-refractivity contribution is 6.31. The molecule has 2 aliphatic rings. The number of aliphatic imine (C=N–C) groups is 1. The first-order valence-corrected chi connectivity index (χ1v) is 14.7. The van der Waals surface area contributed by atoms with Gasteiger partial charge in [-0.2, -0.15) is 0 Å².